The fourth-order valence-corrected chi connectivity index (χ4v) is 3.84. The van der Waals surface area contributed by atoms with Crippen molar-refractivity contribution in [1.82, 2.24) is 9.38 Å². The van der Waals surface area contributed by atoms with Crippen molar-refractivity contribution in [1.29, 1.82) is 0 Å². The molecular weight excluding hydrogens is 387 g/mol. The van der Waals surface area contributed by atoms with E-state index in [0.29, 0.717) is 24.4 Å². The smallest absolute Gasteiger partial charge is 0.225 e. The number of carbonyl (C=O) groups excluding carboxylic acids is 1. The van der Waals surface area contributed by atoms with Crippen LogP contribution in [0.1, 0.15) is 12.0 Å². The van der Waals surface area contributed by atoms with Crippen molar-refractivity contribution in [3.05, 3.63) is 71.5 Å². The number of hydrogen-bond donors (Lipinski definition) is 1. The lowest BCUT2D eigenvalue weighted by Gasteiger charge is -2.12. The summed E-state index contributed by atoms with van der Waals surface area (Å²) in [7, 11) is 4.00. The molecule has 5 nitrogen and oxygen atoms in total. The topological polar surface area (TPSA) is 49.6 Å². The van der Waals surface area contributed by atoms with Gasteiger partial charge >= 0.3 is 0 Å². The van der Waals surface area contributed by atoms with Gasteiger partial charge in [0.1, 0.15) is 17.3 Å². The van der Waals surface area contributed by atoms with E-state index in [1.807, 2.05) is 59.2 Å². The van der Waals surface area contributed by atoms with Crippen molar-refractivity contribution >= 4 is 33.7 Å². The molecule has 1 N–H and O–H groups in total. The Balaban J connectivity index is 1.51. The summed E-state index contributed by atoms with van der Waals surface area (Å²) in [5.41, 5.74) is 3.64. The van der Waals surface area contributed by atoms with Crippen LogP contribution in [0.4, 0.5) is 15.9 Å². The van der Waals surface area contributed by atoms with Gasteiger partial charge in [-0.25, -0.2) is 9.37 Å². The molecule has 0 fully saturated rings. The van der Waals surface area contributed by atoms with Gasteiger partial charge in [0.25, 0.3) is 0 Å². The van der Waals surface area contributed by atoms with Crippen molar-refractivity contribution in [3.63, 3.8) is 0 Å². The van der Waals surface area contributed by atoms with Crippen molar-refractivity contribution < 1.29 is 9.18 Å². The highest BCUT2D eigenvalue weighted by molar-refractivity contribution is 7.15. The Morgan fingerprint density at radius 3 is 2.55 bits per heavy atom. The van der Waals surface area contributed by atoms with Gasteiger partial charge in [0.15, 0.2) is 4.96 Å². The third-order valence-electron chi connectivity index (χ3n) is 4.73. The number of nitrogens with one attached hydrogen (secondary N) is 1. The zero-order valence-corrected chi connectivity index (χ0v) is 17.0. The minimum absolute atomic E-state index is 0.0851. The van der Waals surface area contributed by atoms with E-state index in [1.54, 1.807) is 12.1 Å². The number of anilines is 2. The monoisotopic (exact) mass is 408 g/mol. The number of nitrogens with zero attached hydrogens (tertiary/aromatic N) is 3. The average molecular weight is 409 g/mol. The van der Waals surface area contributed by atoms with Crippen LogP contribution in [-0.4, -0.2) is 29.4 Å². The van der Waals surface area contributed by atoms with Gasteiger partial charge in [-0.2, -0.15) is 0 Å². The molecule has 2 aromatic heterocycles. The second-order valence-electron chi connectivity index (χ2n) is 6.98. The lowest BCUT2D eigenvalue weighted by Crippen LogP contribution is -2.14. The van der Waals surface area contributed by atoms with Crippen molar-refractivity contribution in [2.45, 2.75) is 12.8 Å². The SMILES string of the molecule is CN(C)c1ccc(CCC(=O)Nc2c(-c3ccc(F)cc3)nc3sccn23)cc1. The molecule has 0 bridgehead atoms. The predicted octanol–water partition coefficient (Wildman–Crippen LogP) is 4.84. The molecule has 2 heterocycles. The molecule has 0 spiro atoms. The highest BCUT2D eigenvalue weighted by atomic mass is 32.1. The van der Waals surface area contributed by atoms with Crippen LogP contribution in [0.2, 0.25) is 0 Å². The lowest BCUT2D eigenvalue weighted by atomic mass is 10.1. The van der Waals surface area contributed by atoms with Crippen LogP contribution in [0.15, 0.2) is 60.1 Å². The van der Waals surface area contributed by atoms with E-state index < -0.39 is 0 Å². The molecule has 4 aromatic rings. The quantitative estimate of drug-likeness (QED) is 0.497. The second kappa shape index (κ2) is 8.05. The van der Waals surface area contributed by atoms with Crippen molar-refractivity contribution in [2.75, 3.05) is 24.3 Å². The zero-order valence-electron chi connectivity index (χ0n) is 16.2. The first-order chi connectivity index (χ1) is 14.0. The van der Waals surface area contributed by atoms with Crippen LogP contribution in [0, 0.1) is 5.82 Å². The lowest BCUT2D eigenvalue weighted by molar-refractivity contribution is -0.116. The number of amides is 1. The number of aromatic nitrogens is 2. The fourth-order valence-electron chi connectivity index (χ4n) is 3.13. The summed E-state index contributed by atoms with van der Waals surface area (Å²) in [6.07, 6.45) is 2.88. The zero-order chi connectivity index (χ0) is 20.4. The highest BCUT2D eigenvalue weighted by Gasteiger charge is 2.17. The molecule has 0 aliphatic heterocycles. The number of carbonyl (C=O) groups is 1. The molecule has 0 saturated heterocycles. The third-order valence-corrected chi connectivity index (χ3v) is 5.49. The maximum absolute atomic E-state index is 13.3. The molecule has 0 unspecified atom stereocenters. The van der Waals surface area contributed by atoms with Gasteiger partial charge in [0.2, 0.25) is 5.91 Å². The van der Waals surface area contributed by atoms with Gasteiger partial charge in [-0.05, 0) is 48.4 Å². The summed E-state index contributed by atoms with van der Waals surface area (Å²) >= 11 is 1.48. The van der Waals surface area contributed by atoms with Crippen LogP contribution >= 0.6 is 11.3 Å². The number of aryl methyl sites for hydroxylation is 1. The number of fused-ring (bicyclic) bond motifs is 1. The van der Waals surface area contributed by atoms with Gasteiger partial charge in [0.05, 0.1) is 0 Å². The number of halogens is 1. The standard InChI is InChI=1S/C22H21FN4OS/c1-26(2)18-10-3-15(4-11-18)5-12-19(28)24-21-20(16-6-8-17(23)9-7-16)25-22-27(21)13-14-29-22/h3-4,6-11,13-14H,5,12H2,1-2H3,(H,24,28). The number of benzene rings is 2. The fraction of sp³-hybridized carbons (Fsp3) is 0.182. The van der Waals surface area contributed by atoms with Gasteiger partial charge in [-0.15, -0.1) is 11.3 Å². The predicted molar refractivity (Wildman–Crippen MR) is 116 cm³/mol. The van der Waals surface area contributed by atoms with E-state index in [1.165, 1.54) is 23.5 Å². The van der Waals surface area contributed by atoms with Gasteiger partial charge in [-0.3, -0.25) is 9.20 Å². The summed E-state index contributed by atoms with van der Waals surface area (Å²) in [4.78, 5) is 20.1. The Kier molecular flexibility index (Phi) is 5.31. The molecule has 0 saturated carbocycles. The van der Waals surface area contributed by atoms with E-state index in [4.69, 9.17) is 0 Å². The largest absolute Gasteiger partial charge is 0.378 e. The summed E-state index contributed by atoms with van der Waals surface area (Å²) in [6, 6.07) is 14.3. The minimum atomic E-state index is -0.305. The van der Waals surface area contributed by atoms with E-state index in [9.17, 15) is 9.18 Å². The molecule has 7 heteroatoms. The summed E-state index contributed by atoms with van der Waals surface area (Å²) < 4.78 is 15.1. The first kappa shape index (κ1) is 19.1. The van der Waals surface area contributed by atoms with E-state index in [-0.39, 0.29) is 11.7 Å². The van der Waals surface area contributed by atoms with Gasteiger partial charge in [0, 0.05) is 43.3 Å². The Morgan fingerprint density at radius 2 is 1.86 bits per heavy atom. The maximum Gasteiger partial charge on any atom is 0.225 e. The molecule has 0 aliphatic carbocycles. The van der Waals surface area contributed by atoms with Gasteiger partial charge in [-0.1, -0.05) is 12.1 Å². The normalized spacial score (nSPS) is 11.0. The summed E-state index contributed by atoms with van der Waals surface area (Å²) in [5, 5.41) is 4.91. The molecular formula is C22H21FN4OS. The average Bonchev–Trinajstić information content (AvgIpc) is 3.30. The van der Waals surface area contributed by atoms with E-state index in [2.05, 4.69) is 10.3 Å². The molecule has 0 atom stereocenters. The van der Waals surface area contributed by atoms with Crippen molar-refractivity contribution in [2.24, 2.45) is 0 Å². The molecule has 1 amide bonds. The van der Waals surface area contributed by atoms with E-state index in [0.717, 1.165) is 21.8 Å². The molecule has 0 aliphatic rings. The summed E-state index contributed by atoms with van der Waals surface area (Å²) in [5.74, 6) is 0.222. The number of imidazole rings is 1. The highest BCUT2D eigenvalue weighted by Crippen LogP contribution is 2.31. The Hall–Kier alpha value is -3.19. The maximum atomic E-state index is 13.3. The van der Waals surface area contributed by atoms with Crippen LogP contribution in [-0.2, 0) is 11.2 Å². The second-order valence-corrected chi connectivity index (χ2v) is 7.85. The van der Waals surface area contributed by atoms with E-state index >= 15 is 0 Å². The van der Waals surface area contributed by atoms with Crippen LogP contribution < -0.4 is 10.2 Å². The molecule has 148 valence electrons. The first-order valence-electron chi connectivity index (χ1n) is 9.29. The number of hydrogen-bond acceptors (Lipinski definition) is 4. The number of rotatable bonds is 6. The third kappa shape index (κ3) is 4.14. The van der Waals surface area contributed by atoms with Crippen LogP contribution in [0.5, 0.6) is 0 Å². The number of thiazole rings is 1. The van der Waals surface area contributed by atoms with Gasteiger partial charge < -0.3 is 10.2 Å². The summed E-state index contributed by atoms with van der Waals surface area (Å²) in [6.45, 7) is 0. The van der Waals surface area contributed by atoms with Crippen LogP contribution in [0.25, 0.3) is 16.2 Å². The first-order valence-corrected chi connectivity index (χ1v) is 10.2. The molecule has 0 radical (unpaired) electrons. The van der Waals surface area contributed by atoms with Crippen LogP contribution in [0.3, 0.4) is 0 Å². The molecule has 4 rings (SSSR count). The Bertz CT molecular complexity index is 1130. The molecule has 29 heavy (non-hydrogen) atoms. The Labute approximate surface area is 172 Å². The molecule has 2 aromatic carbocycles. The van der Waals surface area contributed by atoms with Crippen molar-refractivity contribution in [3.8, 4) is 11.3 Å². The minimum Gasteiger partial charge on any atom is -0.378 e. The Morgan fingerprint density at radius 1 is 1.14 bits per heavy atom.